The number of ether oxygens (including phenoxy) is 1. The van der Waals surface area contributed by atoms with Gasteiger partial charge in [-0.05, 0) is 43.7 Å². The molecule has 0 saturated carbocycles. The average molecular weight is 458 g/mol. The highest BCUT2D eigenvalue weighted by Crippen LogP contribution is 2.31. The Hall–Kier alpha value is -3.53. The first-order chi connectivity index (χ1) is 15.7. The van der Waals surface area contributed by atoms with Gasteiger partial charge in [0.15, 0.2) is 0 Å². The minimum atomic E-state index is -1.05. The minimum Gasteiger partial charge on any atom is -0.465 e. The predicted octanol–water partition coefficient (Wildman–Crippen LogP) is 3.42. The number of amides is 2. The lowest BCUT2D eigenvalue weighted by Crippen LogP contribution is -2.51. The number of halogens is 2. The maximum atomic E-state index is 15.1. The van der Waals surface area contributed by atoms with E-state index in [1.807, 2.05) is 13.0 Å². The molecular formula is C23H24F2N4O4. The summed E-state index contributed by atoms with van der Waals surface area (Å²) in [5.41, 5.74) is 1.59. The first-order valence-electron chi connectivity index (χ1n) is 10.5. The van der Waals surface area contributed by atoms with E-state index in [0.29, 0.717) is 11.0 Å². The van der Waals surface area contributed by atoms with Gasteiger partial charge in [0.1, 0.15) is 17.5 Å². The van der Waals surface area contributed by atoms with Gasteiger partial charge in [0.2, 0.25) is 0 Å². The van der Waals surface area contributed by atoms with Gasteiger partial charge in [-0.15, -0.1) is 0 Å². The second kappa shape index (κ2) is 8.78. The molecule has 2 amide bonds. The van der Waals surface area contributed by atoms with Gasteiger partial charge in [-0.2, -0.15) is 0 Å². The Balaban J connectivity index is 1.81. The molecule has 2 aromatic carbocycles. The highest BCUT2D eigenvalue weighted by atomic mass is 19.1. The molecule has 1 fully saturated rings. The van der Waals surface area contributed by atoms with Crippen molar-refractivity contribution in [1.82, 2.24) is 19.8 Å². The van der Waals surface area contributed by atoms with Crippen LogP contribution in [-0.2, 0) is 11.3 Å². The summed E-state index contributed by atoms with van der Waals surface area (Å²) >= 11 is 0. The van der Waals surface area contributed by atoms with E-state index < -0.39 is 29.7 Å². The van der Waals surface area contributed by atoms with Crippen LogP contribution >= 0.6 is 0 Å². The molecule has 0 aliphatic carbocycles. The van der Waals surface area contributed by atoms with Gasteiger partial charge in [0.05, 0.1) is 48.4 Å². The summed E-state index contributed by atoms with van der Waals surface area (Å²) in [6.45, 7) is 4.10. The van der Waals surface area contributed by atoms with Crippen molar-refractivity contribution in [2.75, 3.05) is 20.2 Å². The maximum absolute atomic E-state index is 15.1. The smallest absolute Gasteiger partial charge is 0.407 e. The first-order valence-corrected chi connectivity index (χ1v) is 10.5. The second-order valence-electron chi connectivity index (χ2n) is 8.17. The Labute approximate surface area is 188 Å². The number of carbonyl (C=O) groups is 2. The van der Waals surface area contributed by atoms with Crippen molar-refractivity contribution in [1.29, 1.82) is 0 Å². The third-order valence-corrected chi connectivity index (χ3v) is 5.80. The van der Waals surface area contributed by atoms with Crippen LogP contribution < -0.4 is 5.32 Å². The van der Waals surface area contributed by atoms with Crippen LogP contribution in [0.15, 0.2) is 30.3 Å². The fourth-order valence-corrected chi connectivity index (χ4v) is 4.08. The fourth-order valence-electron chi connectivity index (χ4n) is 4.08. The van der Waals surface area contributed by atoms with E-state index in [0.717, 1.165) is 17.7 Å². The molecule has 2 unspecified atom stereocenters. The Bertz CT molecular complexity index is 1220. The van der Waals surface area contributed by atoms with Crippen molar-refractivity contribution in [3.63, 3.8) is 0 Å². The van der Waals surface area contributed by atoms with Gasteiger partial charge in [0, 0.05) is 12.6 Å². The summed E-state index contributed by atoms with van der Waals surface area (Å²) in [4.78, 5) is 29.2. The summed E-state index contributed by atoms with van der Waals surface area (Å²) in [5, 5.41) is 11.8. The summed E-state index contributed by atoms with van der Waals surface area (Å²) in [6, 6.07) is 7.11. The van der Waals surface area contributed by atoms with Gasteiger partial charge < -0.3 is 24.6 Å². The quantitative estimate of drug-likeness (QED) is 0.625. The number of aryl methyl sites for hydroxylation is 1. The number of nitrogens with zero attached hydrogens (tertiary/aromatic N) is 3. The van der Waals surface area contributed by atoms with Gasteiger partial charge in [-0.25, -0.2) is 18.6 Å². The molecule has 0 radical (unpaired) electrons. The van der Waals surface area contributed by atoms with E-state index in [9.17, 15) is 14.7 Å². The number of morpholine rings is 1. The summed E-state index contributed by atoms with van der Waals surface area (Å²) in [7, 11) is 1.37. The van der Waals surface area contributed by atoms with Crippen LogP contribution in [0.2, 0.25) is 0 Å². The van der Waals surface area contributed by atoms with Crippen molar-refractivity contribution in [2.45, 2.75) is 32.5 Å². The van der Waals surface area contributed by atoms with Crippen LogP contribution in [0, 0.1) is 18.6 Å². The molecule has 0 bridgehead atoms. The third-order valence-electron chi connectivity index (χ3n) is 5.80. The van der Waals surface area contributed by atoms with Gasteiger partial charge in [0.25, 0.3) is 5.91 Å². The average Bonchev–Trinajstić information content (AvgIpc) is 3.10. The van der Waals surface area contributed by atoms with Crippen molar-refractivity contribution in [2.24, 2.45) is 0 Å². The lowest BCUT2D eigenvalue weighted by molar-refractivity contribution is -0.0546. The third kappa shape index (κ3) is 4.25. The molecule has 174 valence electrons. The number of imidazole rings is 1. The molecule has 1 aromatic heterocycles. The molecule has 1 aliphatic rings. The highest BCUT2D eigenvalue weighted by molar-refractivity contribution is 5.94. The van der Waals surface area contributed by atoms with Gasteiger partial charge >= 0.3 is 6.09 Å². The monoisotopic (exact) mass is 458 g/mol. The standard InChI is InChI=1S/C23H24F2N4O4/c1-12-4-5-19-18(6-12)27-21(20-16(24)7-14(8-17(20)25)22(30)26-3)29(19)10-15-9-28(23(31)32)13(2)11-33-15/h4-8,13,15H,9-11H2,1-3H3,(H,26,30)(H,31,32). The van der Waals surface area contributed by atoms with E-state index in [2.05, 4.69) is 10.3 Å². The highest BCUT2D eigenvalue weighted by Gasteiger charge is 2.31. The van der Waals surface area contributed by atoms with Crippen molar-refractivity contribution in [3.05, 3.63) is 53.1 Å². The SMILES string of the molecule is CNC(=O)c1cc(F)c(-c2nc3cc(C)ccc3n2CC2CN(C(=O)O)C(C)CO2)c(F)c1. The zero-order valence-electron chi connectivity index (χ0n) is 18.4. The van der Waals surface area contributed by atoms with E-state index in [4.69, 9.17) is 4.74 Å². The van der Waals surface area contributed by atoms with E-state index in [-0.39, 0.29) is 42.7 Å². The van der Waals surface area contributed by atoms with Crippen LogP contribution in [0.3, 0.4) is 0 Å². The molecule has 2 atom stereocenters. The predicted molar refractivity (Wildman–Crippen MR) is 117 cm³/mol. The Kier molecular flexibility index (Phi) is 6.03. The summed E-state index contributed by atoms with van der Waals surface area (Å²) in [5.74, 6) is -2.42. The second-order valence-corrected chi connectivity index (χ2v) is 8.17. The number of aromatic nitrogens is 2. The Morgan fingerprint density at radius 3 is 2.58 bits per heavy atom. The molecule has 10 heteroatoms. The number of fused-ring (bicyclic) bond motifs is 1. The Morgan fingerprint density at radius 2 is 1.94 bits per heavy atom. The van der Waals surface area contributed by atoms with Crippen molar-refractivity contribution in [3.8, 4) is 11.4 Å². The van der Waals surface area contributed by atoms with Crippen molar-refractivity contribution < 1.29 is 28.2 Å². The zero-order valence-corrected chi connectivity index (χ0v) is 18.4. The molecule has 0 spiro atoms. The van der Waals surface area contributed by atoms with E-state index in [1.165, 1.54) is 11.9 Å². The molecule has 2 N–H and O–H groups in total. The van der Waals surface area contributed by atoms with Crippen LogP contribution in [0.4, 0.5) is 13.6 Å². The number of hydrogen-bond donors (Lipinski definition) is 2. The normalized spacial score (nSPS) is 18.5. The zero-order chi connectivity index (χ0) is 23.9. The molecule has 33 heavy (non-hydrogen) atoms. The van der Waals surface area contributed by atoms with Crippen molar-refractivity contribution >= 4 is 23.0 Å². The minimum absolute atomic E-state index is 0.0400. The number of hydrogen-bond acceptors (Lipinski definition) is 4. The van der Waals surface area contributed by atoms with E-state index in [1.54, 1.807) is 23.6 Å². The van der Waals surface area contributed by atoms with Gasteiger partial charge in [-0.1, -0.05) is 6.07 Å². The number of carbonyl (C=O) groups excluding carboxylic acids is 1. The lowest BCUT2D eigenvalue weighted by Gasteiger charge is -2.36. The molecule has 3 aromatic rings. The molecule has 8 nitrogen and oxygen atoms in total. The molecular weight excluding hydrogens is 434 g/mol. The Morgan fingerprint density at radius 1 is 1.24 bits per heavy atom. The number of nitrogens with one attached hydrogen (secondary N) is 1. The van der Waals surface area contributed by atoms with Crippen LogP contribution in [0.1, 0.15) is 22.8 Å². The van der Waals surface area contributed by atoms with Crippen LogP contribution in [0.25, 0.3) is 22.4 Å². The summed E-state index contributed by atoms with van der Waals surface area (Å²) < 4.78 is 37.7. The maximum Gasteiger partial charge on any atom is 0.407 e. The topological polar surface area (TPSA) is 96.7 Å². The number of carboxylic acid groups (broad SMARTS) is 1. The van der Waals surface area contributed by atoms with E-state index >= 15 is 8.78 Å². The van der Waals surface area contributed by atoms with Gasteiger partial charge in [-0.3, -0.25) is 4.79 Å². The number of benzene rings is 2. The number of rotatable bonds is 4. The van der Waals surface area contributed by atoms with Crippen LogP contribution in [0.5, 0.6) is 0 Å². The van der Waals surface area contributed by atoms with Crippen LogP contribution in [-0.4, -0.2) is 63.9 Å². The molecule has 2 heterocycles. The molecule has 1 saturated heterocycles. The fraction of sp³-hybridized carbons (Fsp3) is 0.348. The lowest BCUT2D eigenvalue weighted by atomic mass is 10.1. The first kappa shape index (κ1) is 22.7. The molecule has 1 aliphatic heterocycles. The largest absolute Gasteiger partial charge is 0.465 e. The summed E-state index contributed by atoms with van der Waals surface area (Å²) in [6.07, 6.45) is -1.59. The molecule has 4 rings (SSSR count).